The number of ether oxygens (including phenoxy) is 1. The molecular formula is C28H24FNO. The first-order chi connectivity index (χ1) is 15.3. The van der Waals surface area contributed by atoms with Gasteiger partial charge in [0.1, 0.15) is 18.2 Å². The van der Waals surface area contributed by atoms with Gasteiger partial charge in [-0.05, 0) is 40.5 Å². The van der Waals surface area contributed by atoms with Crippen LogP contribution in [0.1, 0.15) is 33.9 Å². The van der Waals surface area contributed by atoms with Gasteiger partial charge < -0.3 is 4.74 Å². The SMILES string of the molecule is Fc1ccc(OCc2ccccc2)c(C2c3ccccc3CN2Cc2ccccc2)c1. The molecule has 3 heteroatoms. The molecule has 1 aliphatic heterocycles. The molecule has 1 unspecified atom stereocenters. The van der Waals surface area contributed by atoms with E-state index in [2.05, 4.69) is 53.4 Å². The van der Waals surface area contributed by atoms with Crippen molar-refractivity contribution >= 4 is 0 Å². The average molecular weight is 410 g/mol. The summed E-state index contributed by atoms with van der Waals surface area (Å²) in [6.45, 7) is 2.06. The molecule has 0 aliphatic carbocycles. The molecule has 0 fully saturated rings. The summed E-state index contributed by atoms with van der Waals surface area (Å²) in [5, 5.41) is 0. The van der Waals surface area contributed by atoms with Crippen LogP contribution in [-0.2, 0) is 19.7 Å². The van der Waals surface area contributed by atoms with Crippen LogP contribution >= 0.6 is 0 Å². The molecule has 2 nitrogen and oxygen atoms in total. The van der Waals surface area contributed by atoms with Gasteiger partial charge in [-0.2, -0.15) is 0 Å². The second-order valence-corrected chi connectivity index (χ2v) is 7.95. The molecule has 1 atom stereocenters. The molecule has 0 N–H and O–H groups in total. The molecular weight excluding hydrogens is 385 g/mol. The lowest BCUT2D eigenvalue weighted by molar-refractivity contribution is 0.225. The fourth-order valence-corrected chi connectivity index (χ4v) is 4.38. The van der Waals surface area contributed by atoms with E-state index >= 15 is 0 Å². The Morgan fingerprint density at radius 3 is 2.19 bits per heavy atom. The van der Waals surface area contributed by atoms with Crippen LogP contribution in [0.2, 0.25) is 0 Å². The molecule has 0 aromatic heterocycles. The van der Waals surface area contributed by atoms with Crippen LogP contribution in [0.3, 0.4) is 0 Å². The normalized spacial score (nSPS) is 15.6. The van der Waals surface area contributed by atoms with E-state index in [1.165, 1.54) is 22.8 Å². The summed E-state index contributed by atoms with van der Waals surface area (Å²) in [5.41, 5.74) is 5.70. The average Bonchev–Trinajstić information content (AvgIpc) is 3.17. The Morgan fingerprint density at radius 2 is 1.42 bits per heavy atom. The van der Waals surface area contributed by atoms with Gasteiger partial charge in [0, 0.05) is 18.7 Å². The maximum atomic E-state index is 14.4. The largest absolute Gasteiger partial charge is 0.489 e. The van der Waals surface area contributed by atoms with Crippen molar-refractivity contribution in [2.24, 2.45) is 0 Å². The lowest BCUT2D eigenvalue weighted by Crippen LogP contribution is -2.23. The van der Waals surface area contributed by atoms with E-state index in [1.54, 1.807) is 12.1 Å². The Balaban J connectivity index is 1.51. The molecule has 0 saturated carbocycles. The van der Waals surface area contributed by atoms with Gasteiger partial charge in [0.05, 0.1) is 6.04 Å². The fraction of sp³-hybridized carbons (Fsp3) is 0.143. The highest BCUT2D eigenvalue weighted by atomic mass is 19.1. The zero-order valence-electron chi connectivity index (χ0n) is 17.2. The minimum atomic E-state index is -0.244. The summed E-state index contributed by atoms with van der Waals surface area (Å²) in [6, 6.07) is 33.7. The van der Waals surface area contributed by atoms with E-state index in [1.807, 2.05) is 36.4 Å². The Kier molecular flexibility index (Phi) is 5.51. The third-order valence-corrected chi connectivity index (χ3v) is 5.82. The molecule has 0 saturated heterocycles. The third-order valence-electron chi connectivity index (χ3n) is 5.82. The monoisotopic (exact) mass is 409 g/mol. The van der Waals surface area contributed by atoms with Crippen molar-refractivity contribution in [3.63, 3.8) is 0 Å². The second-order valence-electron chi connectivity index (χ2n) is 7.95. The second kappa shape index (κ2) is 8.75. The summed E-state index contributed by atoms with van der Waals surface area (Å²) in [4.78, 5) is 2.39. The van der Waals surface area contributed by atoms with E-state index in [9.17, 15) is 4.39 Å². The van der Waals surface area contributed by atoms with Crippen molar-refractivity contribution in [1.29, 1.82) is 0 Å². The van der Waals surface area contributed by atoms with Crippen molar-refractivity contribution in [2.45, 2.75) is 25.7 Å². The molecule has 0 amide bonds. The zero-order chi connectivity index (χ0) is 21.0. The molecule has 0 spiro atoms. The first kappa shape index (κ1) is 19.5. The topological polar surface area (TPSA) is 12.5 Å². The molecule has 1 aliphatic rings. The summed E-state index contributed by atoms with van der Waals surface area (Å²) < 4.78 is 20.6. The maximum absolute atomic E-state index is 14.4. The quantitative estimate of drug-likeness (QED) is 0.360. The Labute approximate surface area is 182 Å². The molecule has 0 radical (unpaired) electrons. The number of hydrogen-bond acceptors (Lipinski definition) is 2. The van der Waals surface area contributed by atoms with E-state index in [0.29, 0.717) is 6.61 Å². The maximum Gasteiger partial charge on any atom is 0.125 e. The Bertz CT molecular complexity index is 1160. The van der Waals surface area contributed by atoms with Crippen LogP contribution in [0.15, 0.2) is 103 Å². The number of benzene rings is 4. The molecule has 4 aromatic rings. The van der Waals surface area contributed by atoms with E-state index in [0.717, 1.165) is 30.0 Å². The molecule has 1 heterocycles. The molecule has 154 valence electrons. The molecule has 4 aromatic carbocycles. The number of rotatable bonds is 6. The van der Waals surface area contributed by atoms with Crippen molar-refractivity contribution in [1.82, 2.24) is 4.90 Å². The van der Waals surface area contributed by atoms with E-state index in [-0.39, 0.29) is 11.9 Å². The summed E-state index contributed by atoms with van der Waals surface area (Å²) >= 11 is 0. The standard InChI is InChI=1S/C28H24FNO/c29-24-15-16-27(31-20-22-11-5-2-6-12-22)26(17-24)28-25-14-8-7-13-23(25)19-30(28)18-21-9-3-1-4-10-21/h1-17,28H,18-20H2. The van der Waals surface area contributed by atoms with Gasteiger partial charge in [-0.3, -0.25) is 4.90 Å². The van der Waals surface area contributed by atoms with E-state index < -0.39 is 0 Å². The zero-order valence-corrected chi connectivity index (χ0v) is 17.2. The van der Waals surface area contributed by atoms with E-state index in [4.69, 9.17) is 4.74 Å². The van der Waals surface area contributed by atoms with Crippen LogP contribution < -0.4 is 4.74 Å². The summed E-state index contributed by atoms with van der Waals surface area (Å²) in [7, 11) is 0. The first-order valence-corrected chi connectivity index (χ1v) is 10.6. The minimum Gasteiger partial charge on any atom is -0.489 e. The predicted octanol–water partition coefficient (Wildman–Crippen LogP) is 6.51. The highest BCUT2D eigenvalue weighted by Gasteiger charge is 2.33. The fourth-order valence-electron chi connectivity index (χ4n) is 4.38. The minimum absolute atomic E-state index is 0.0575. The molecule has 31 heavy (non-hydrogen) atoms. The highest BCUT2D eigenvalue weighted by molar-refractivity contribution is 5.47. The van der Waals surface area contributed by atoms with Gasteiger partial charge in [0.25, 0.3) is 0 Å². The lowest BCUT2D eigenvalue weighted by atomic mass is 9.96. The van der Waals surface area contributed by atoms with Crippen LogP contribution in [0, 0.1) is 5.82 Å². The van der Waals surface area contributed by atoms with Crippen LogP contribution in [0.4, 0.5) is 4.39 Å². The third kappa shape index (κ3) is 4.23. The van der Waals surface area contributed by atoms with Gasteiger partial charge in [-0.15, -0.1) is 0 Å². The van der Waals surface area contributed by atoms with Crippen molar-refractivity contribution in [3.8, 4) is 5.75 Å². The first-order valence-electron chi connectivity index (χ1n) is 10.6. The predicted molar refractivity (Wildman–Crippen MR) is 121 cm³/mol. The van der Waals surface area contributed by atoms with Gasteiger partial charge in [-0.25, -0.2) is 4.39 Å². The van der Waals surface area contributed by atoms with Gasteiger partial charge in [0.15, 0.2) is 0 Å². The van der Waals surface area contributed by atoms with Crippen LogP contribution in [0.25, 0.3) is 0 Å². The highest BCUT2D eigenvalue weighted by Crippen LogP contribution is 2.43. The Morgan fingerprint density at radius 1 is 0.742 bits per heavy atom. The summed E-state index contributed by atoms with van der Waals surface area (Å²) in [5.74, 6) is 0.483. The van der Waals surface area contributed by atoms with Gasteiger partial charge >= 0.3 is 0 Å². The number of fused-ring (bicyclic) bond motifs is 1. The lowest BCUT2D eigenvalue weighted by Gasteiger charge is -2.27. The van der Waals surface area contributed by atoms with Crippen molar-refractivity contribution in [3.05, 3.63) is 137 Å². The van der Waals surface area contributed by atoms with Gasteiger partial charge in [-0.1, -0.05) is 84.9 Å². The van der Waals surface area contributed by atoms with Crippen LogP contribution in [-0.4, -0.2) is 4.90 Å². The van der Waals surface area contributed by atoms with Gasteiger partial charge in [0.2, 0.25) is 0 Å². The molecule has 0 bridgehead atoms. The Hall–Kier alpha value is -3.43. The summed E-state index contributed by atoms with van der Waals surface area (Å²) in [6.07, 6.45) is 0. The van der Waals surface area contributed by atoms with Crippen molar-refractivity contribution < 1.29 is 9.13 Å². The van der Waals surface area contributed by atoms with Crippen molar-refractivity contribution in [2.75, 3.05) is 0 Å². The van der Waals surface area contributed by atoms with Crippen LogP contribution in [0.5, 0.6) is 5.75 Å². The molecule has 5 rings (SSSR count). The smallest absolute Gasteiger partial charge is 0.125 e. The number of halogens is 1. The number of nitrogens with zero attached hydrogens (tertiary/aromatic N) is 1. The number of hydrogen-bond donors (Lipinski definition) is 0.